The Labute approximate surface area is 226 Å². The summed E-state index contributed by atoms with van der Waals surface area (Å²) in [6, 6.07) is 27.5. The molecule has 7 nitrogen and oxygen atoms in total. The summed E-state index contributed by atoms with van der Waals surface area (Å²) in [6.07, 6.45) is 1.67. The van der Waals surface area contributed by atoms with Crippen molar-refractivity contribution in [3.63, 3.8) is 0 Å². The number of aromatic amines is 1. The van der Waals surface area contributed by atoms with E-state index in [1.807, 2.05) is 72.8 Å². The highest BCUT2D eigenvalue weighted by Gasteiger charge is 2.21. The monoisotopic (exact) mass is 519 g/mol. The molecule has 196 valence electrons. The average Bonchev–Trinajstić information content (AvgIpc) is 3.40. The van der Waals surface area contributed by atoms with Crippen LogP contribution in [-0.4, -0.2) is 34.1 Å². The van der Waals surface area contributed by atoms with Crippen LogP contribution in [-0.2, 0) is 0 Å². The molecule has 1 heterocycles. The van der Waals surface area contributed by atoms with E-state index in [0.717, 1.165) is 35.0 Å². The van der Waals surface area contributed by atoms with E-state index in [4.69, 9.17) is 9.72 Å². The topological polar surface area (TPSA) is 104 Å². The number of methoxy groups -OCH3 is 1. The zero-order valence-corrected chi connectivity index (χ0v) is 21.8. The number of aromatic nitrogens is 2. The lowest BCUT2D eigenvalue weighted by atomic mass is 9.93. The fourth-order valence-electron chi connectivity index (χ4n) is 4.80. The number of amides is 1. The van der Waals surface area contributed by atoms with Gasteiger partial charge in [-0.05, 0) is 47.4 Å². The van der Waals surface area contributed by atoms with Gasteiger partial charge < -0.3 is 20.1 Å². The van der Waals surface area contributed by atoms with E-state index in [1.54, 1.807) is 19.2 Å². The molecule has 3 N–H and O–H groups in total. The molecule has 1 unspecified atom stereocenters. The summed E-state index contributed by atoms with van der Waals surface area (Å²) in [7, 11) is 1.61. The summed E-state index contributed by atoms with van der Waals surface area (Å²) in [6.45, 7) is 2.06. The number of hydrogen-bond donors (Lipinski definition) is 3. The Kier molecular flexibility index (Phi) is 7.41. The van der Waals surface area contributed by atoms with Gasteiger partial charge in [-0.1, -0.05) is 74.0 Å². The molecule has 7 heteroatoms. The first kappa shape index (κ1) is 25.7. The van der Waals surface area contributed by atoms with Crippen LogP contribution in [0.2, 0.25) is 0 Å². The number of nitrogens with one attached hydrogen (secondary N) is 2. The first-order valence-electron chi connectivity index (χ1n) is 12.8. The number of carbonyl (C=O) groups is 2. The van der Waals surface area contributed by atoms with E-state index in [1.165, 1.54) is 6.07 Å². The average molecular weight is 520 g/mol. The minimum absolute atomic E-state index is 0.0413. The third kappa shape index (κ3) is 5.38. The highest BCUT2D eigenvalue weighted by atomic mass is 16.5. The van der Waals surface area contributed by atoms with Gasteiger partial charge in [0.25, 0.3) is 5.91 Å². The molecule has 4 aromatic carbocycles. The second-order valence-electron chi connectivity index (χ2n) is 9.30. The molecule has 0 spiro atoms. The number of imidazole rings is 1. The van der Waals surface area contributed by atoms with Crippen molar-refractivity contribution in [2.45, 2.75) is 25.8 Å². The van der Waals surface area contributed by atoms with Crippen molar-refractivity contribution in [1.82, 2.24) is 15.3 Å². The summed E-state index contributed by atoms with van der Waals surface area (Å²) in [5, 5.41) is 13.2. The Balaban J connectivity index is 1.51. The van der Waals surface area contributed by atoms with E-state index >= 15 is 0 Å². The molecule has 0 saturated heterocycles. The number of carboxylic acids is 1. The molecule has 0 aliphatic rings. The predicted octanol–water partition coefficient (Wildman–Crippen LogP) is 6.87. The van der Waals surface area contributed by atoms with Gasteiger partial charge in [0, 0.05) is 17.2 Å². The lowest BCUT2D eigenvalue weighted by Gasteiger charge is -2.19. The Hall–Kier alpha value is -4.91. The molecule has 5 aromatic rings. The standard InChI is InChI=1S/C32H29N3O4/c1-3-9-27(20-10-5-4-6-11-20)35-31(36)21-14-16-24(26(18-21)32(37)38)23-12-7-8-13-25(23)30-33-28-17-15-22(39-2)19-29(28)34-30/h4-8,10-19,27H,3,9H2,1-2H3,(H,33,34)(H,35,36)(H,37,38). The molecule has 5 rings (SSSR count). The fourth-order valence-corrected chi connectivity index (χ4v) is 4.80. The molecule has 0 bridgehead atoms. The molecular formula is C32H29N3O4. The number of fused-ring (bicyclic) bond motifs is 1. The molecule has 1 aromatic heterocycles. The summed E-state index contributed by atoms with van der Waals surface area (Å²) in [4.78, 5) is 33.7. The summed E-state index contributed by atoms with van der Waals surface area (Å²) in [5.41, 5.74) is 4.87. The largest absolute Gasteiger partial charge is 0.497 e. The van der Waals surface area contributed by atoms with Crippen LogP contribution in [0.3, 0.4) is 0 Å². The zero-order valence-electron chi connectivity index (χ0n) is 21.8. The normalized spacial score (nSPS) is 11.7. The predicted molar refractivity (Wildman–Crippen MR) is 152 cm³/mol. The van der Waals surface area contributed by atoms with Crippen LogP contribution in [0.4, 0.5) is 0 Å². The van der Waals surface area contributed by atoms with Gasteiger partial charge in [-0.3, -0.25) is 4.79 Å². The van der Waals surface area contributed by atoms with Crippen molar-refractivity contribution in [3.8, 4) is 28.3 Å². The van der Waals surface area contributed by atoms with Gasteiger partial charge >= 0.3 is 5.97 Å². The number of aromatic carboxylic acids is 1. The molecule has 39 heavy (non-hydrogen) atoms. The highest BCUT2D eigenvalue weighted by molar-refractivity contribution is 6.03. The van der Waals surface area contributed by atoms with E-state index in [9.17, 15) is 14.7 Å². The van der Waals surface area contributed by atoms with Crippen LogP contribution in [0.25, 0.3) is 33.5 Å². The van der Waals surface area contributed by atoms with Crippen molar-refractivity contribution < 1.29 is 19.4 Å². The molecular weight excluding hydrogens is 490 g/mol. The van der Waals surface area contributed by atoms with Crippen LogP contribution >= 0.6 is 0 Å². The number of ether oxygens (including phenoxy) is 1. The molecule has 1 amide bonds. The maximum atomic E-state index is 13.2. The van der Waals surface area contributed by atoms with Crippen LogP contribution in [0, 0.1) is 0 Å². The summed E-state index contributed by atoms with van der Waals surface area (Å²) >= 11 is 0. The lowest BCUT2D eigenvalue weighted by Crippen LogP contribution is -2.28. The van der Waals surface area contributed by atoms with Gasteiger partial charge in [0.1, 0.15) is 11.6 Å². The lowest BCUT2D eigenvalue weighted by molar-refractivity contribution is 0.0697. The minimum atomic E-state index is -1.11. The molecule has 0 saturated carbocycles. The number of benzene rings is 4. The first-order valence-corrected chi connectivity index (χ1v) is 12.8. The number of carboxylic acid groups (broad SMARTS) is 1. The zero-order chi connectivity index (χ0) is 27.4. The second-order valence-corrected chi connectivity index (χ2v) is 9.30. The summed E-state index contributed by atoms with van der Waals surface area (Å²) in [5.74, 6) is -0.110. The van der Waals surface area contributed by atoms with E-state index < -0.39 is 5.97 Å². The molecule has 0 aliphatic heterocycles. The smallest absolute Gasteiger partial charge is 0.336 e. The van der Waals surface area contributed by atoms with E-state index in [2.05, 4.69) is 17.2 Å². The van der Waals surface area contributed by atoms with Gasteiger partial charge in [0.15, 0.2) is 0 Å². The van der Waals surface area contributed by atoms with Gasteiger partial charge in [-0.25, -0.2) is 9.78 Å². The van der Waals surface area contributed by atoms with Crippen molar-refractivity contribution in [2.75, 3.05) is 7.11 Å². The third-order valence-electron chi connectivity index (χ3n) is 6.76. The second kappa shape index (κ2) is 11.2. The SMILES string of the molecule is CCCC(NC(=O)c1ccc(-c2ccccc2-c2nc3ccc(OC)cc3[nH]2)c(C(=O)O)c1)c1ccccc1. The van der Waals surface area contributed by atoms with Gasteiger partial charge in [0.2, 0.25) is 0 Å². The quantitative estimate of drug-likeness (QED) is 0.197. The van der Waals surface area contributed by atoms with Gasteiger partial charge in [-0.15, -0.1) is 0 Å². The number of carbonyl (C=O) groups excluding carboxylic acids is 1. The van der Waals surface area contributed by atoms with E-state index in [0.29, 0.717) is 28.3 Å². The van der Waals surface area contributed by atoms with Crippen LogP contribution in [0.5, 0.6) is 5.75 Å². The number of rotatable bonds is 9. The highest BCUT2D eigenvalue weighted by Crippen LogP contribution is 2.35. The van der Waals surface area contributed by atoms with E-state index in [-0.39, 0.29) is 17.5 Å². The number of H-pyrrole nitrogens is 1. The molecule has 0 aliphatic carbocycles. The summed E-state index contributed by atoms with van der Waals surface area (Å²) < 4.78 is 5.32. The molecule has 0 fully saturated rings. The van der Waals surface area contributed by atoms with Crippen LogP contribution in [0.1, 0.15) is 52.1 Å². The van der Waals surface area contributed by atoms with Crippen molar-refractivity contribution >= 4 is 22.9 Å². The Morgan fingerprint density at radius 1 is 0.923 bits per heavy atom. The van der Waals surface area contributed by atoms with Gasteiger partial charge in [-0.2, -0.15) is 0 Å². The van der Waals surface area contributed by atoms with Gasteiger partial charge in [0.05, 0.1) is 29.7 Å². The van der Waals surface area contributed by atoms with Crippen molar-refractivity contribution in [3.05, 3.63) is 108 Å². The first-order chi connectivity index (χ1) is 19.0. The Morgan fingerprint density at radius 2 is 1.67 bits per heavy atom. The maximum absolute atomic E-state index is 13.2. The van der Waals surface area contributed by atoms with Crippen molar-refractivity contribution in [2.24, 2.45) is 0 Å². The minimum Gasteiger partial charge on any atom is -0.497 e. The van der Waals surface area contributed by atoms with Crippen LogP contribution < -0.4 is 10.1 Å². The van der Waals surface area contributed by atoms with Crippen molar-refractivity contribution in [1.29, 1.82) is 0 Å². The molecule has 1 atom stereocenters. The Bertz CT molecular complexity index is 1640. The number of nitrogens with zero attached hydrogens (tertiary/aromatic N) is 1. The molecule has 0 radical (unpaired) electrons. The maximum Gasteiger partial charge on any atom is 0.336 e. The third-order valence-corrected chi connectivity index (χ3v) is 6.76. The fraction of sp³-hybridized carbons (Fsp3) is 0.156. The van der Waals surface area contributed by atoms with Crippen LogP contribution in [0.15, 0.2) is 91.0 Å². The Morgan fingerprint density at radius 3 is 2.38 bits per heavy atom. The number of hydrogen-bond acceptors (Lipinski definition) is 4.